The van der Waals surface area contributed by atoms with Crippen LogP contribution in [0.5, 0.6) is 5.75 Å². The maximum atomic E-state index is 11.0. The Morgan fingerprint density at radius 3 is 2.28 bits per heavy atom. The largest absolute Gasteiger partial charge is 0.494 e. The van der Waals surface area contributed by atoms with E-state index in [0.29, 0.717) is 12.3 Å². The molecule has 0 aliphatic carbocycles. The number of hydrogen-bond donors (Lipinski definition) is 2. The van der Waals surface area contributed by atoms with Crippen LogP contribution in [0.2, 0.25) is 0 Å². The van der Waals surface area contributed by atoms with E-state index in [9.17, 15) is 4.79 Å². The number of carboxylic acid groups (broad SMARTS) is 1. The summed E-state index contributed by atoms with van der Waals surface area (Å²) in [7, 11) is 0. The molecule has 126 valence electrons. The zero-order valence-corrected chi connectivity index (χ0v) is 13.6. The smallest absolute Gasteiger partial charge is 0.358 e. The van der Waals surface area contributed by atoms with E-state index < -0.39 is 5.97 Å². The van der Waals surface area contributed by atoms with Gasteiger partial charge in [-0.2, -0.15) is 10.3 Å². The third-order valence-corrected chi connectivity index (χ3v) is 3.62. The minimum atomic E-state index is -1.11. The highest BCUT2D eigenvalue weighted by atomic mass is 16.5. The van der Waals surface area contributed by atoms with E-state index in [4.69, 9.17) is 9.84 Å². The van der Waals surface area contributed by atoms with Crippen molar-refractivity contribution in [3.05, 3.63) is 65.5 Å². The van der Waals surface area contributed by atoms with E-state index in [1.807, 2.05) is 55.5 Å². The fourth-order valence-corrected chi connectivity index (χ4v) is 2.38. The molecule has 0 atom stereocenters. The van der Waals surface area contributed by atoms with Crippen LogP contribution >= 0.6 is 0 Å². The predicted molar refractivity (Wildman–Crippen MR) is 95.3 cm³/mol. The first-order chi connectivity index (χ1) is 12.2. The quantitative estimate of drug-likeness (QED) is 0.716. The lowest BCUT2D eigenvalue weighted by Gasteiger charge is -2.05. The topological polar surface area (TPSA) is 88.1 Å². The van der Waals surface area contributed by atoms with E-state index in [-0.39, 0.29) is 5.69 Å². The summed E-state index contributed by atoms with van der Waals surface area (Å²) in [6, 6.07) is 15.9. The zero-order valence-electron chi connectivity index (χ0n) is 13.6. The standard InChI is InChI=1S/C19H17N3O3/c1-2-25-16-10-8-15(9-11-16)14-6-3-13(4-7-14)5-12-17-18(19(23)24)21-22-20-17/h3-12H,2H2,1H3,(H,23,24)(H,20,21,22)/b12-5+. The average Bonchev–Trinajstić information content (AvgIpc) is 3.10. The third-order valence-electron chi connectivity index (χ3n) is 3.62. The molecule has 0 fully saturated rings. The Balaban J connectivity index is 1.74. The van der Waals surface area contributed by atoms with E-state index in [1.165, 1.54) is 0 Å². The maximum absolute atomic E-state index is 11.0. The molecule has 0 saturated carbocycles. The number of aromatic amines is 1. The lowest BCUT2D eigenvalue weighted by molar-refractivity contribution is 0.0690. The van der Waals surface area contributed by atoms with Gasteiger partial charge in [-0.05, 0) is 41.8 Å². The fraction of sp³-hybridized carbons (Fsp3) is 0.105. The molecule has 6 heteroatoms. The van der Waals surface area contributed by atoms with Crippen molar-refractivity contribution < 1.29 is 14.6 Å². The number of benzene rings is 2. The molecule has 0 radical (unpaired) electrons. The zero-order chi connectivity index (χ0) is 17.6. The molecule has 0 saturated heterocycles. The van der Waals surface area contributed by atoms with Crippen LogP contribution in [0.4, 0.5) is 0 Å². The monoisotopic (exact) mass is 335 g/mol. The van der Waals surface area contributed by atoms with Gasteiger partial charge in [0.15, 0.2) is 5.69 Å². The number of nitrogens with zero attached hydrogens (tertiary/aromatic N) is 2. The summed E-state index contributed by atoms with van der Waals surface area (Å²) in [6.07, 6.45) is 3.42. The fourth-order valence-electron chi connectivity index (χ4n) is 2.38. The van der Waals surface area contributed by atoms with Crippen molar-refractivity contribution in [2.45, 2.75) is 6.92 Å². The van der Waals surface area contributed by atoms with Gasteiger partial charge in [0.05, 0.1) is 6.61 Å². The summed E-state index contributed by atoms with van der Waals surface area (Å²) >= 11 is 0. The summed E-state index contributed by atoms with van der Waals surface area (Å²) in [5.41, 5.74) is 3.33. The molecule has 1 heterocycles. The van der Waals surface area contributed by atoms with Gasteiger partial charge in [0.25, 0.3) is 0 Å². The highest BCUT2D eigenvalue weighted by molar-refractivity contribution is 5.90. The predicted octanol–water partition coefficient (Wildman–Crippen LogP) is 3.74. The normalized spacial score (nSPS) is 10.9. The van der Waals surface area contributed by atoms with Crippen molar-refractivity contribution in [2.75, 3.05) is 6.61 Å². The van der Waals surface area contributed by atoms with Gasteiger partial charge in [0, 0.05) is 0 Å². The van der Waals surface area contributed by atoms with Crippen LogP contribution in [-0.2, 0) is 0 Å². The molecule has 0 bridgehead atoms. The first kappa shape index (κ1) is 16.4. The van der Waals surface area contributed by atoms with E-state index in [1.54, 1.807) is 12.2 Å². The average molecular weight is 335 g/mol. The van der Waals surface area contributed by atoms with Gasteiger partial charge in [-0.25, -0.2) is 4.79 Å². The number of carboxylic acids is 1. The van der Waals surface area contributed by atoms with Crippen molar-refractivity contribution >= 4 is 18.1 Å². The third kappa shape index (κ3) is 3.92. The molecule has 0 aliphatic heterocycles. The molecular weight excluding hydrogens is 318 g/mol. The van der Waals surface area contributed by atoms with Gasteiger partial charge in [-0.1, -0.05) is 42.5 Å². The Labute approximate surface area is 144 Å². The van der Waals surface area contributed by atoms with Crippen LogP contribution in [0.15, 0.2) is 48.5 Å². The lowest BCUT2D eigenvalue weighted by atomic mass is 10.0. The molecule has 6 nitrogen and oxygen atoms in total. The molecule has 0 amide bonds. The Bertz CT molecular complexity index is 881. The Morgan fingerprint density at radius 1 is 1.04 bits per heavy atom. The van der Waals surface area contributed by atoms with Gasteiger partial charge >= 0.3 is 5.97 Å². The number of H-pyrrole nitrogens is 1. The summed E-state index contributed by atoms with van der Waals surface area (Å²) in [6.45, 7) is 2.61. The number of hydrogen-bond acceptors (Lipinski definition) is 4. The van der Waals surface area contributed by atoms with Gasteiger partial charge in [-0.3, -0.25) is 0 Å². The van der Waals surface area contributed by atoms with Crippen molar-refractivity contribution in [1.29, 1.82) is 0 Å². The van der Waals surface area contributed by atoms with Gasteiger partial charge in [0.1, 0.15) is 11.4 Å². The van der Waals surface area contributed by atoms with E-state index in [0.717, 1.165) is 22.4 Å². The molecule has 1 aromatic heterocycles. The SMILES string of the molecule is CCOc1ccc(-c2ccc(/C=C/c3n[nH]nc3C(=O)O)cc2)cc1. The summed E-state index contributed by atoms with van der Waals surface area (Å²) in [5, 5.41) is 18.7. The lowest BCUT2D eigenvalue weighted by Crippen LogP contribution is -1.98. The number of nitrogens with one attached hydrogen (secondary N) is 1. The van der Waals surface area contributed by atoms with Crippen LogP contribution in [-0.4, -0.2) is 33.1 Å². The molecule has 0 unspecified atom stereocenters. The van der Waals surface area contributed by atoms with Crippen molar-refractivity contribution in [3.8, 4) is 16.9 Å². The molecule has 0 spiro atoms. The Kier molecular flexibility index (Phi) is 4.89. The molecule has 2 N–H and O–H groups in total. The number of rotatable bonds is 6. The van der Waals surface area contributed by atoms with Crippen LogP contribution < -0.4 is 4.74 Å². The second kappa shape index (κ2) is 7.44. The maximum Gasteiger partial charge on any atom is 0.358 e. The van der Waals surface area contributed by atoms with Crippen LogP contribution in [0, 0.1) is 0 Å². The van der Waals surface area contributed by atoms with Crippen molar-refractivity contribution in [3.63, 3.8) is 0 Å². The van der Waals surface area contributed by atoms with Crippen LogP contribution in [0.1, 0.15) is 28.7 Å². The molecule has 3 rings (SSSR count). The molecular formula is C19H17N3O3. The van der Waals surface area contributed by atoms with Crippen LogP contribution in [0.3, 0.4) is 0 Å². The summed E-state index contributed by atoms with van der Waals surface area (Å²) < 4.78 is 5.45. The number of aromatic carboxylic acids is 1. The Hall–Kier alpha value is -3.41. The number of aromatic nitrogens is 3. The van der Waals surface area contributed by atoms with Crippen molar-refractivity contribution in [2.24, 2.45) is 0 Å². The van der Waals surface area contributed by atoms with E-state index >= 15 is 0 Å². The second-order valence-corrected chi connectivity index (χ2v) is 5.28. The highest BCUT2D eigenvalue weighted by Crippen LogP contribution is 2.23. The molecule has 2 aromatic carbocycles. The van der Waals surface area contributed by atoms with Crippen molar-refractivity contribution in [1.82, 2.24) is 15.4 Å². The summed E-state index contributed by atoms with van der Waals surface area (Å²) in [5.74, 6) is -0.258. The van der Waals surface area contributed by atoms with Gasteiger partial charge < -0.3 is 9.84 Å². The highest BCUT2D eigenvalue weighted by Gasteiger charge is 2.12. The first-order valence-corrected chi connectivity index (χ1v) is 7.83. The first-order valence-electron chi connectivity index (χ1n) is 7.83. The van der Waals surface area contributed by atoms with E-state index in [2.05, 4.69) is 15.4 Å². The van der Waals surface area contributed by atoms with Crippen LogP contribution in [0.25, 0.3) is 23.3 Å². The number of carbonyl (C=O) groups is 1. The number of ether oxygens (including phenoxy) is 1. The molecule has 25 heavy (non-hydrogen) atoms. The molecule has 3 aromatic rings. The molecule has 0 aliphatic rings. The minimum absolute atomic E-state index is 0.0951. The van der Waals surface area contributed by atoms with Gasteiger partial charge in [-0.15, -0.1) is 5.10 Å². The second-order valence-electron chi connectivity index (χ2n) is 5.28. The van der Waals surface area contributed by atoms with Gasteiger partial charge in [0.2, 0.25) is 0 Å². The summed E-state index contributed by atoms with van der Waals surface area (Å²) in [4.78, 5) is 11.0. The Morgan fingerprint density at radius 2 is 1.68 bits per heavy atom. The minimum Gasteiger partial charge on any atom is -0.494 e.